The number of benzene rings is 2. The standard InChI is InChI=1S/C10H7BF3O/c12-11(13,14)10-6-8(15)5-7-3-1-2-4-9(7)10/h1-6,15H/q-1. The zero-order chi connectivity index (χ0) is 11.1. The van der Waals surface area contributed by atoms with E-state index in [1.54, 1.807) is 18.2 Å². The number of hydrogen-bond acceptors (Lipinski definition) is 1. The molecule has 0 aliphatic heterocycles. The number of hydrogen-bond donors (Lipinski definition) is 1. The second-order valence-electron chi connectivity index (χ2n) is 3.33. The Labute approximate surface area is 84.2 Å². The van der Waals surface area contributed by atoms with Crippen molar-refractivity contribution in [3.63, 3.8) is 0 Å². The summed E-state index contributed by atoms with van der Waals surface area (Å²) in [4.78, 5) is 0. The minimum absolute atomic E-state index is 0.128. The number of fused-ring (bicyclic) bond motifs is 1. The van der Waals surface area contributed by atoms with Crippen molar-refractivity contribution >= 4 is 23.2 Å². The van der Waals surface area contributed by atoms with E-state index in [1.165, 1.54) is 12.1 Å². The largest absolute Gasteiger partial charge is 0.510 e. The molecule has 0 saturated heterocycles. The Hall–Kier alpha value is -1.65. The van der Waals surface area contributed by atoms with Crippen LogP contribution in [0.25, 0.3) is 10.8 Å². The first kappa shape index (κ1) is 9.89. The lowest BCUT2D eigenvalue weighted by Crippen LogP contribution is -2.34. The van der Waals surface area contributed by atoms with E-state index in [0.29, 0.717) is 5.39 Å². The van der Waals surface area contributed by atoms with Gasteiger partial charge in [0.15, 0.2) is 0 Å². The van der Waals surface area contributed by atoms with Crippen molar-refractivity contribution in [1.29, 1.82) is 0 Å². The Morgan fingerprint density at radius 2 is 1.67 bits per heavy atom. The Morgan fingerprint density at radius 3 is 2.33 bits per heavy atom. The highest BCUT2D eigenvalue weighted by molar-refractivity contribution is 6.76. The smallest absolute Gasteiger partial charge is 0.508 e. The van der Waals surface area contributed by atoms with Crippen LogP contribution >= 0.6 is 0 Å². The average Bonchev–Trinajstić information content (AvgIpc) is 2.15. The summed E-state index contributed by atoms with van der Waals surface area (Å²) < 4.78 is 37.9. The fraction of sp³-hybridized carbons (Fsp3) is 0. The minimum Gasteiger partial charge on any atom is -0.508 e. The van der Waals surface area contributed by atoms with E-state index >= 15 is 0 Å². The van der Waals surface area contributed by atoms with Crippen LogP contribution in [0, 0.1) is 0 Å². The van der Waals surface area contributed by atoms with E-state index in [9.17, 15) is 18.1 Å². The van der Waals surface area contributed by atoms with Crippen LogP contribution in [0.1, 0.15) is 0 Å². The molecular weight excluding hydrogens is 204 g/mol. The molecule has 0 fully saturated rings. The molecule has 2 aromatic carbocycles. The Bertz CT molecular complexity index is 507. The van der Waals surface area contributed by atoms with Crippen LogP contribution in [0.15, 0.2) is 36.4 Å². The topological polar surface area (TPSA) is 20.2 Å². The summed E-state index contributed by atoms with van der Waals surface area (Å²) in [5, 5.41) is 9.71. The molecule has 0 unspecified atom stereocenters. The molecule has 2 rings (SSSR count). The number of aromatic hydroxyl groups is 1. The molecule has 78 valence electrons. The van der Waals surface area contributed by atoms with E-state index in [2.05, 4.69) is 0 Å². The second kappa shape index (κ2) is 3.19. The first-order valence-electron chi connectivity index (χ1n) is 4.40. The highest BCUT2D eigenvalue weighted by atomic mass is 19.4. The third kappa shape index (κ3) is 1.77. The molecule has 0 aromatic heterocycles. The van der Waals surface area contributed by atoms with Crippen LogP contribution < -0.4 is 5.46 Å². The fourth-order valence-corrected chi connectivity index (χ4v) is 1.59. The van der Waals surface area contributed by atoms with Gasteiger partial charge in [-0.25, -0.2) is 0 Å². The number of halogens is 3. The zero-order valence-corrected chi connectivity index (χ0v) is 7.62. The molecule has 0 saturated carbocycles. The lowest BCUT2D eigenvalue weighted by molar-refractivity contribution is 0.473. The summed E-state index contributed by atoms with van der Waals surface area (Å²) in [5.74, 6) is -0.358. The molecule has 0 heterocycles. The van der Waals surface area contributed by atoms with Gasteiger partial charge in [-0.1, -0.05) is 29.7 Å². The van der Waals surface area contributed by atoms with Crippen molar-refractivity contribution in [2.45, 2.75) is 0 Å². The predicted molar refractivity (Wildman–Crippen MR) is 54.3 cm³/mol. The molecular formula is C10H7BF3O-. The van der Waals surface area contributed by atoms with Crippen molar-refractivity contribution in [1.82, 2.24) is 0 Å². The highest BCUT2D eigenvalue weighted by Gasteiger charge is 2.27. The van der Waals surface area contributed by atoms with Gasteiger partial charge in [-0.15, -0.1) is 0 Å². The van der Waals surface area contributed by atoms with E-state index < -0.39 is 12.4 Å². The van der Waals surface area contributed by atoms with Crippen molar-refractivity contribution in [3.8, 4) is 5.75 Å². The van der Waals surface area contributed by atoms with Crippen LogP contribution in [0.3, 0.4) is 0 Å². The van der Waals surface area contributed by atoms with E-state index in [4.69, 9.17) is 0 Å². The van der Waals surface area contributed by atoms with E-state index in [-0.39, 0.29) is 11.1 Å². The summed E-state index contributed by atoms with van der Waals surface area (Å²) in [7, 11) is 0. The molecule has 0 radical (unpaired) electrons. The maximum atomic E-state index is 12.6. The molecule has 5 heteroatoms. The molecule has 1 N–H and O–H groups in total. The third-order valence-electron chi connectivity index (χ3n) is 2.23. The van der Waals surface area contributed by atoms with Crippen LogP contribution in [-0.4, -0.2) is 12.1 Å². The van der Waals surface area contributed by atoms with Gasteiger partial charge in [-0.3, -0.25) is 0 Å². The summed E-state index contributed by atoms with van der Waals surface area (Å²) in [5.41, 5.74) is -0.745. The van der Waals surface area contributed by atoms with Gasteiger partial charge in [0.25, 0.3) is 0 Å². The zero-order valence-electron chi connectivity index (χ0n) is 7.62. The third-order valence-corrected chi connectivity index (χ3v) is 2.23. The Morgan fingerprint density at radius 1 is 1.00 bits per heavy atom. The van der Waals surface area contributed by atoms with Crippen LogP contribution in [0.4, 0.5) is 12.9 Å². The SMILES string of the molecule is Oc1cc([B-](F)(F)F)c2ccccc2c1. The molecule has 0 amide bonds. The van der Waals surface area contributed by atoms with Crippen LogP contribution in [0.5, 0.6) is 5.75 Å². The van der Waals surface area contributed by atoms with Crippen molar-refractivity contribution in [2.75, 3.05) is 0 Å². The summed E-state index contributed by atoms with van der Waals surface area (Å²) in [6.45, 7) is -5.10. The molecule has 0 bridgehead atoms. The Balaban J connectivity index is 2.83. The molecule has 0 aliphatic rings. The van der Waals surface area contributed by atoms with Gasteiger partial charge >= 0.3 is 6.98 Å². The van der Waals surface area contributed by atoms with Gasteiger partial charge in [0.2, 0.25) is 0 Å². The quantitative estimate of drug-likeness (QED) is 0.718. The summed E-state index contributed by atoms with van der Waals surface area (Å²) >= 11 is 0. The lowest BCUT2D eigenvalue weighted by atomic mass is 9.77. The van der Waals surface area contributed by atoms with E-state index in [1.807, 2.05) is 0 Å². The molecule has 0 spiro atoms. The maximum Gasteiger partial charge on any atom is 0.510 e. The van der Waals surface area contributed by atoms with Crippen LogP contribution in [0.2, 0.25) is 0 Å². The van der Waals surface area contributed by atoms with Gasteiger partial charge in [0.1, 0.15) is 5.75 Å². The molecule has 1 nitrogen and oxygen atoms in total. The average molecular weight is 211 g/mol. The van der Waals surface area contributed by atoms with Crippen molar-refractivity contribution in [3.05, 3.63) is 36.4 Å². The number of phenols is 1. The van der Waals surface area contributed by atoms with Crippen molar-refractivity contribution < 1.29 is 18.1 Å². The minimum atomic E-state index is -5.10. The second-order valence-corrected chi connectivity index (χ2v) is 3.33. The highest BCUT2D eigenvalue weighted by Crippen LogP contribution is 2.22. The number of rotatable bonds is 1. The number of phenolic OH excluding ortho intramolecular Hbond substituents is 1. The van der Waals surface area contributed by atoms with E-state index in [0.717, 1.165) is 6.07 Å². The maximum absolute atomic E-state index is 12.6. The van der Waals surface area contributed by atoms with Crippen LogP contribution in [-0.2, 0) is 0 Å². The normalized spacial score (nSPS) is 11.9. The predicted octanol–water partition coefficient (Wildman–Crippen LogP) is 2.60. The monoisotopic (exact) mass is 211 g/mol. The first-order valence-corrected chi connectivity index (χ1v) is 4.40. The summed E-state index contributed by atoms with van der Waals surface area (Å²) in [6.07, 6.45) is 0. The molecule has 2 aromatic rings. The fourth-order valence-electron chi connectivity index (χ4n) is 1.59. The lowest BCUT2D eigenvalue weighted by Gasteiger charge is -2.17. The van der Waals surface area contributed by atoms with Gasteiger partial charge < -0.3 is 18.1 Å². The van der Waals surface area contributed by atoms with Gasteiger partial charge in [-0.05, 0) is 22.9 Å². The Kier molecular flexibility index (Phi) is 2.10. The molecule has 15 heavy (non-hydrogen) atoms. The summed E-state index contributed by atoms with van der Waals surface area (Å²) in [6, 6.07) is 8.21. The van der Waals surface area contributed by atoms with Gasteiger partial charge in [0.05, 0.1) is 0 Å². The van der Waals surface area contributed by atoms with Crippen molar-refractivity contribution in [2.24, 2.45) is 0 Å². The first-order chi connectivity index (χ1) is 6.98. The molecule has 0 aliphatic carbocycles. The molecule has 0 atom stereocenters. The van der Waals surface area contributed by atoms with Gasteiger partial charge in [-0.2, -0.15) is 0 Å². The van der Waals surface area contributed by atoms with Gasteiger partial charge in [0, 0.05) is 0 Å².